The number of rotatable bonds is 3. The Labute approximate surface area is 131 Å². The smallest absolute Gasteiger partial charge is 0.403 e. The highest BCUT2D eigenvalue weighted by Crippen LogP contribution is 2.33. The molecule has 2 aromatic rings. The van der Waals surface area contributed by atoms with Crippen molar-refractivity contribution in [1.29, 1.82) is 0 Å². The topological polar surface area (TPSA) is 46.2 Å². The number of benzene rings is 1. The van der Waals surface area contributed by atoms with Gasteiger partial charge in [0.05, 0.1) is 0 Å². The molecule has 8 heteroatoms. The Morgan fingerprint density at radius 2 is 2.09 bits per heavy atom. The summed E-state index contributed by atoms with van der Waals surface area (Å²) in [6.07, 6.45) is -2.30. The van der Waals surface area contributed by atoms with Crippen LogP contribution in [0.3, 0.4) is 0 Å². The molecule has 0 aliphatic carbocycles. The molecule has 1 aromatic carbocycles. The molecule has 22 heavy (non-hydrogen) atoms. The summed E-state index contributed by atoms with van der Waals surface area (Å²) in [6.45, 7) is 1.77. The van der Waals surface area contributed by atoms with Crippen molar-refractivity contribution >= 4 is 29.0 Å². The minimum absolute atomic E-state index is 0. The molecule has 0 bridgehead atoms. The van der Waals surface area contributed by atoms with Gasteiger partial charge in [-0.05, 0) is 37.2 Å². The van der Waals surface area contributed by atoms with Crippen LogP contribution in [0.15, 0.2) is 30.5 Å². The maximum absolute atomic E-state index is 12.4. The highest BCUT2D eigenvalue weighted by atomic mass is 35.5. The third-order valence-corrected chi connectivity index (χ3v) is 3.38. The number of hydrogen-bond acceptors (Lipinski definition) is 4. The molecule has 120 valence electrons. The molecular weight excluding hydrogens is 319 g/mol. The van der Waals surface area contributed by atoms with Gasteiger partial charge in [-0.3, -0.25) is 4.98 Å². The first-order valence-corrected chi connectivity index (χ1v) is 6.64. The summed E-state index contributed by atoms with van der Waals surface area (Å²) in [6, 6.07) is 6.59. The molecule has 0 amide bonds. The number of halogens is 4. The molecule has 1 atom stereocenters. The SMILES string of the molecule is Cl.FC(F)(F)Oc1ccc(NC2CCNC2)c2cccnc12. The molecule has 2 heterocycles. The summed E-state index contributed by atoms with van der Waals surface area (Å²) < 4.78 is 41.3. The first-order chi connectivity index (χ1) is 10.0. The van der Waals surface area contributed by atoms with Gasteiger partial charge in [0.25, 0.3) is 0 Å². The lowest BCUT2D eigenvalue weighted by molar-refractivity contribution is -0.274. The van der Waals surface area contributed by atoms with Crippen LogP contribution in [0.5, 0.6) is 5.75 Å². The van der Waals surface area contributed by atoms with Crippen LogP contribution < -0.4 is 15.4 Å². The monoisotopic (exact) mass is 333 g/mol. The lowest BCUT2D eigenvalue weighted by Gasteiger charge is -2.17. The van der Waals surface area contributed by atoms with Crippen molar-refractivity contribution in [2.45, 2.75) is 18.8 Å². The van der Waals surface area contributed by atoms with Gasteiger partial charge in [0, 0.05) is 29.9 Å². The van der Waals surface area contributed by atoms with E-state index in [9.17, 15) is 13.2 Å². The van der Waals surface area contributed by atoms with E-state index in [0.717, 1.165) is 25.2 Å². The molecule has 1 aromatic heterocycles. The quantitative estimate of drug-likeness (QED) is 0.904. The minimum atomic E-state index is -4.73. The van der Waals surface area contributed by atoms with Crippen LogP contribution in [0.25, 0.3) is 10.9 Å². The molecule has 3 rings (SSSR count). The lowest BCUT2D eigenvalue weighted by atomic mass is 10.1. The minimum Gasteiger partial charge on any atom is -0.403 e. The van der Waals surface area contributed by atoms with E-state index in [0.29, 0.717) is 5.39 Å². The van der Waals surface area contributed by atoms with E-state index >= 15 is 0 Å². The second-order valence-electron chi connectivity index (χ2n) is 4.89. The van der Waals surface area contributed by atoms with Crippen LogP contribution in [0.4, 0.5) is 18.9 Å². The van der Waals surface area contributed by atoms with Gasteiger partial charge in [0.1, 0.15) is 5.52 Å². The van der Waals surface area contributed by atoms with E-state index in [-0.39, 0.29) is 29.7 Å². The molecule has 0 radical (unpaired) electrons. The van der Waals surface area contributed by atoms with Crippen LogP contribution in [-0.2, 0) is 0 Å². The zero-order valence-corrected chi connectivity index (χ0v) is 12.3. The third kappa shape index (κ3) is 3.72. The normalized spacial score (nSPS) is 18.0. The Kier molecular flexibility index (Phi) is 4.97. The van der Waals surface area contributed by atoms with E-state index in [1.807, 2.05) is 0 Å². The first kappa shape index (κ1) is 16.6. The third-order valence-electron chi connectivity index (χ3n) is 3.38. The highest BCUT2D eigenvalue weighted by Gasteiger charge is 2.32. The number of pyridine rings is 1. The van der Waals surface area contributed by atoms with Gasteiger partial charge >= 0.3 is 6.36 Å². The van der Waals surface area contributed by atoms with Gasteiger partial charge in [-0.1, -0.05) is 0 Å². The summed E-state index contributed by atoms with van der Waals surface area (Å²) >= 11 is 0. The predicted molar refractivity (Wildman–Crippen MR) is 80.6 cm³/mol. The van der Waals surface area contributed by atoms with E-state index < -0.39 is 6.36 Å². The Hall–Kier alpha value is -1.73. The van der Waals surface area contributed by atoms with Crippen molar-refractivity contribution in [3.05, 3.63) is 30.5 Å². The summed E-state index contributed by atoms with van der Waals surface area (Å²) in [5.41, 5.74) is 0.965. The fourth-order valence-electron chi connectivity index (χ4n) is 2.48. The van der Waals surface area contributed by atoms with Gasteiger partial charge in [-0.25, -0.2) is 0 Å². The summed E-state index contributed by atoms with van der Waals surface area (Å²) in [4.78, 5) is 4.02. The van der Waals surface area contributed by atoms with Crippen LogP contribution in [0, 0.1) is 0 Å². The van der Waals surface area contributed by atoms with E-state index in [1.54, 1.807) is 18.2 Å². The molecule has 1 aliphatic rings. The number of fused-ring (bicyclic) bond motifs is 1. The Balaban J connectivity index is 0.00000176. The average Bonchev–Trinajstić information content (AvgIpc) is 2.93. The van der Waals surface area contributed by atoms with Gasteiger partial charge in [-0.2, -0.15) is 0 Å². The molecule has 1 fully saturated rings. The number of alkyl halides is 3. The van der Waals surface area contributed by atoms with Gasteiger partial charge in [-0.15, -0.1) is 25.6 Å². The standard InChI is InChI=1S/C14H14F3N3O.ClH/c15-14(16,17)21-12-4-3-11(20-9-5-7-18-8-9)10-2-1-6-19-13(10)12;/h1-4,6,9,18,20H,5,7-8H2;1H. The second kappa shape index (κ2) is 6.58. The van der Waals surface area contributed by atoms with Crippen LogP contribution in [-0.4, -0.2) is 30.5 Å². The number of nitrogens with zero attached hydrogens (tertiary/aromatic N) is 1. The van der Waals surface area contributed by atoms with Crippen molar-refractivity contribution in [2.75, 3.05) is 18.4 Å². The van der Waals surface area contributed by atoms with Crippen molar-refractivity contribution in [3.8, 4) is 5.75 Å². The van der Waals surface area contributed by atoms with Crippen LogP contribution >= 0.6 is 12.4 Å². The molecular formula is C14H15ClF3N3O. The second-order valence-corrected chi connectivity index (χ2v) is 4.89. The fourth-order valence-corrected chi connectivity index (χ4v) is 2.48. The molecule has 0 saturated carbocycles. The number of anilines is 1. The molecule has 4 nitrogen and oxygen atoms in total. The Morgan fingerprint density at radius 3 is 2.77 bits per heavy atom. The Morgan fingerprint density at radius 1 is 1.27 bits per heavy atom. The number of ether oxygens (including phenoxy) is 1. The lowest BCUT2D eigenvalue weighted by Crippen LogP contribution is -2.22. The van der Waals surface area contributed by atoms with E-state index in [4.69, 9.17) is 0 Å². The summed E-state index contributed by atoms with van der Waals surface area (Å²) in [5.74, 6) is -0.284. The largest absolute Gasteiger partial charge is 0.573 e. The molecule has 2 N–H and O–H groups in total. The summed E-state index contributed by atoms with van der Waals surface area (Å²) in [7, 11) is 0. The van der Waals surface area contributed by atoms with Crippen LogP contribution in [0.1, 0.15) is 6.42 Å². The molecule has 1 aliphatic heterocycles. The van der Waals surface area contributed by atoms with Crippen molar-refractivity contribution in [3.63, 3.8) is 0 Å². The van der Waals surface area contributed by atoms with Crippen molar-refractivity contribution in [2.24, 2.45) is 0 Å². The fraction of sp³-hybridized carbons (Fsp3) is 0.357. The van der Waals surface area contributed by atoms with Crippen molar-refractivity contribution in [1.82, 2.24) is 10.3 Å². The van der Waals surface area contributed by atoms with Crippen molar-refractivity contribution < 1.29 is 17.9 Å². The maximum atomic E-state index is 12.4. The molecule has 1 unspecified atom stereocenters. The number of nitrogens with one attached hydrogen (secondary N) is 2. The van der Waals surface area contributed by atoms with Gasteiger partial charge in [0.2, 0.25) is 0 Å². The molecule has 1 saturated heterocycles. The van der Waals surface area contributed by atoms with Crippen LogP contribution in [0.2, 0.25) is 0 Å². The maximum Gasteiger partial charge on any atom is 0.573 e. The zero-order valence-electron chi connectivity index (χ0n) is 11.5. The molecule has 0 spiro atoms. The zero-order chi connectivity index (χ0) is 14.9. The summed E-state index contributed by atoms with van der Waals surface area (Å²) in [5, 5.41) is 7.18. The number of hydrogen-bond donors (Lipinski definition) is 2. The first-order valence-electron chi connectivity index (χ1n) is 6.64. The van der Waals surface area contributed by atoms with E-state index in [1.165, 1.54) is 12.3 Å². The van der Waals surface area contributed by atoms with Gasteiger partial charge < -0.3 is 15.4 Å². The highest BCUT2D eigenvalue weighted by molar-refractivity contribution is 5.95. The van der Waals surface area contributed by atoms with Gasteiger partial charge in [0.15, 0.2) is 5.75 Å². The number of aromatic nitrogens is 1. The average molecular weight is 334 g/mol. The Bertz CT molecular complexity index is 645. The predicted octanol–water partition coefficient (Wildman–Crippen LogP) is 3.33. The van der Waals surface area contributed by atoms with E-state index in [2.05, 4.69) is 20.4 Å².